The molecule has 3 atom stereocenters. The molecule has 0 aromatic heterocycles. The van der Waals surface area contributed by atoms with Crippen LogP contribution in [0.2, 0.25) is 0 Å². The van der Waals surface area contributed by atoms with Crippen molar-refractivity contribution >= 4 is 17.7 Å². The summed E-state index contributed by atoms with van der Waals surface area (Å²) in [4.78, 5) is 35.6. The molecule has 0 saturated carbocycles. The number of carbonyl (C=O) groups excluding carboxylic acids is 3. The van der Waals surface area contributed by atoms with Gasteiger partial charge in [-0.1, -0.05) is 20.3 Å². The lowest BCUT2D eigenvalue weighted by Gasteiger charge is -2.19. The Hall–Kier alpha value is -1.43. The van der Waals surface area contributed by atoms with Gasteiger partial charge < -0.3 is 11.1 Å². The summed E-state index contributed by atoms with van der Waals surface area (Å²) in [7, 11) is 1.41. The van der Waals surface area contributed by atoms with Crippen LogP contribution in [0.1, 0.15) is 26.7 Å². The number of carbonyl (C=O) groups is 3. The third-order valence-electron chi connectivity index (χ3n) is 3.26. The molecule has 1 rings (SSSR count). The van der Waals surface area contributed by atoms with E-state index in [1.54, 1.807) is 0 Å². The minimum atomic E-state index is -0.755. The molecule has 6 heteroatoms. The molecule has 0 spiro atoms. The minimum absolute atomic E-state index is 0.0221. The van der Waals surface area contributed by atoms with Crippen LogP contribution in [0.3, 0.4) is 0 Å². The molecule has 1 saturated heterocycles. The van der Waals surface area contributed by atoms with Crippen molar-refractivity contribution in [3.63, 3.8) is 0 Å². The van der Waals surface area contributed by atoms with E-state index in [2.05, 4.69) is 5.32 Å². The molecule has 1 aliphatic rings. The van der Waals surface area contributed by atoms with Crippen LogP contribution >= 0.6 is 0 Å². The highest BCUT2D eigenvalue weighted by Gasteiger charge is 2.37. The zero-order chi connectivity index (χ0) is 13.2. The maximum absolute atomic E-state index is 11.7. The molecule has 0 bridgehead atoms. The van der Waals surface area contributed by atoms with E-state index in [0.717, 1.165) is 11.3 Å². The van der Waals surface area contributed by atoms with E-state index in [1.807, 2.05) is 13.8 Å². The van der Waals surface area contributed by atoms with Crippen LogP contribution < -0.4 is 11.1 Å². The Labute approximate surface area is 101 Å². The number of rotatable bonds is 4. The van der Waals surface area contributed by atoms with Gasteiger partial charge in [0.25, 0.3) is 5.91 Å². The highest BCUT2D eigenvalue weighted by molar-refractivity contribution is 6.06. The number of nitrogens with zero attached hydrogens (tertiary/aromatic N) is 1. The maximum atomic E-state index is 11.7. The van der Waals surface area contributed by atoms with Gasteiger partial charge in [-0.25, -0.2) is 0 Å². The Bertz CT molecular complexity index is 343. The number of likely N-dealkylation sites (tertiary alicyclic amines) is 1. The zero-order valence-corrected chi connectivity index (χ0v) is 10.4. The summed E-state index contributed by atoms with van der Waals surface area (Å²) in [6.07, 6.45) is 0.806. The van der Waals surface area contributed by atoms with Gasteiger partial charge in [-0.3, -0.25) is 19.3 Å². The van der Waals surface area contributed by atoms with Gasteiger partial charge in [0.05, 0.1) is 12.5 Å². The first-order valence-electron chi connectivity index (χ1n) is 5.74. The summed E-state index contributed by atoms with van der Waals surface area (Å²) in [5.74, 6) is -0.988. The number of imide groups is 1. The van der Waals surface area contributed by atoms with Crippen molar-refractivity contribution in [2.75, 3.05) is 7.05 Å². The Balaban J connectivity index is 2.58. The van der Waals surface area contributed by atoms with Crippen molar-refractivity contribution in [2.24, 2.45) is 11.7 Å². The lowest BCUT2D eigenvalue weighted by Crippen LogP contribution is -2.50. The average molecular weight is 241 g/mol. The first-order valence-corrected chi connectivity index (χ1v) is 5.74. The molecule has 2 unspecified atom stereocenters. The number of nitrogens with one attached hydrogen (secondary N) is 1. The maximum Gasteiger partial charge on any atom is 0.252 e. The lowest BCUT2D eigenvalue weighted by atomic mass is 9.99. The normalized spacial score (nSPS) is 23.8. The van der Waals surface area contributed by atoms with Crippen molar-refractivity contribution < 1.29 is 14.4 Å². The number of amides is 3. The van der Waals surface area contributed by atoms with E-state index >= 15 is 0 Å². The molecule has 0 aliphatic carbocycles. The summed E-state index contributed by atoms with van der Waals surface area (Å²) >= 11 is 0. The summed E-state index contributed by atoms with van der Waals surface area (Å²) in [5.41, 5.74) is 5.74. The highest BCUT2D eigenvalue weighted by atomic mass is 16.2. The van der Waals surface area contributed by atoms with Gasteiger partial charge in [0, 0.05) is 7.05 Å². The van der Waals surface area contributed by atoms with E-state index in [0.29, 0.717) is 0 Å². The van der Waals surface area contributed by atoms with E-state index < -0.39 is 12.1 Å². The average Bonchev–Trinajstić information content (AvgIpc) is 2.55. The van der Waals surface area contributed by atoms with E-state index in [4.69, 9.17) is 5.73 Å². The highest BCUT2D eigenvalue weighted by Crippen LogP contribution is 2.12. The minimum Gasteiger partial charge on any atom is -0.342 e. The fourth-order valence-electron chi connectivity index (χ4n) is 1.65. The SMILES string of the molecule is CCC(C)[C@H](N)C(=O)NC1CC(=O)N(C)C1=O. The summed E-state index contributed by atoms with van der Waals surface area (Å²) < 4.78 is 0. The van der Waals surface area contributed by atoms with Gasteiger partial charge in [-0.15, -0.1) is 0 Å². The fourth-order valence-corrected chi connectivity index (χ4v) is 1.65. The topological polar surface area (TPSA) is 92.5 Å². The number of nitrogens with two attached hydrogens (primary N) is 1. The Kier molecular flexibility index (Phi) is 4.22. The predicted molar refractivity (Wildman–Crippen MR) is 61.8 cm³/mol. The van der Waals surface area contributed by atoms with Gasteiger partial charge in [0.2, 0.25) is 11.8 Å². The number of likely N-dealkylation sites (N-methyl/N-ethyl adjacent to an activating group) is 1. The molecule has 3 N–H and O–H groups in total. The quantitative estimate of drug-likeness (QED) is 0.632. The van der Waals surface area contributed by atoms with Crippen molar-refractivity contribution in [2.45, 2.75) is 38.8 Å². The Morgan fingerprint density at radius 3 is 2.59 bits per heavy atom. The summed E-state index contributed by atoms with van der Waals surface area (Å²) in [6.45, 7) is 3.81. The van der Waals surface area contributed by atoms with Crippen LogP contribution in [-0.2, 0) is 14.4 Å². The molecule has 1 fully saturated rings. The molecule has 6 nitrogen and oxygen atoms in total. The van der Waals surface area contributed by atoms with E-state index in [-0.39, 0.29) is 30.1 Å². The van der Waals surface area contributed by atoms with Crippen molar-refractivity contribution in [1.82, 2.24) is 10.2 Å². The molecular formula is C11H19N3O3. The van der Waals surface area contributed by atoms with Crippen LogP contribution in [0.5, 0.6) is 0 Å². The van der Waals surface area contributed by atoms with Crippen LogP contribution in [0.25, 0.3) is 0 Å². The molecule has 1 heterocycles. The summed E-state index contributed by atoms with van der Waals surface area (Å²) in [5, 5.41) is 2.53. The van der Waals surface area contributed by atoms with E-state index in [1.165, 1.54) is 7.05 Å². The van der Waals surface area contributed by atoms with Gasteiger partial charge in [-0.2, -0.15) is 0 Å². The van der Waals surface area contributed by atoms with Crippen LogP contribution in [0.15, 0.2) is 0 Å². The van der Waals surface area contributed by atoms with Crippen LogP contribution in [0, 0.1) is 5.92 Å². The molecule has 0 aromatic carbocycles. The smallest absolute Gasteiger partial charge is 0.252 e. The lowest BCUT2D eigenvalue weighted by molar-refractivity contribution is -0.138. The summed E-state index contributed by atoms with van der Waals surface area (Å²) in [6, 6.07) is -1.40. The van der Waals surface area contributed by atoms with E-state index in [9.17, 15) is 14.4 Å². The standard InChI is InChI=1S/C11H19N3O3/c1-4-6(2)9(12)10(16)13-7-5-8(15)14(3)11(7)17/h6-7,9H,4-5,12H2,1-3H3,(H,13,16)/t6?,7?,9-/m0/s1. The molecular weight excluding hydrogens is 222 g/mol. The first-order chi connectivity index (χ1) is 7.88. The Morgan fingerprint density at radius 1 is 1.59 bits per heavy atom. The fraction of sp³-hybridized carbons (Fsp3) is 0.727. The second-order valence-electron chi connectivity index (χ2n) is 4.47. The Morgan fingerprint density at radius 2 is 2.18 bits per heavy atom. The van der Waals surface area contributed by atoms with Gasteiger partial charge in [-0.05, 0) is 5.92 Å². The molecule has 1 aliphatic heterocycles. The molecule has 0 radical (unpaired) electrons. The van der Waals surface area contributed by atoms with Crippen molar-refractivity contribution in [3.8, 4) is 0 Å². The van der Waals surface area contributed by atoms with Crippen molar-refractivity contribution in [1.29, 1.82) is 0 Å². The zero-order valence-electron chi connectivity index (χ0n) is 10.4. The monoisotopic (exact) mass is 241 g/mol. The third-order valence-corrected chi connectivity index (χ3v) is 3.26. The van der Waals surface area contributed by atoms with Crippen LogP contribution in [0.4, 0.5) is 0 Å². The molecule has 96 valence electrons. The van der Waals surface area contributed by atoms with Gasteiger partial charge in [0.1, 0.15) is 6.04 Å². The predicted octanol–water partition coefficient (Wildman–Crippen LogP) is -0.767. The molecule has 17 heavy (non-hydrogen) atoms. The van der Waals surface area contributed by atoms with Crippen molar-refractivity contribution in [3.05, 3.63) is 0 Å². The second kappa shape index (κ2) is 5.27. The molecule has 3 amide bonds. The van der Waals surface area contributed by atoms with Gasteiger partial charge >= 0.3 is 0 Å². The number of hydrogen-bond donors (Lipinski definition) is 2. The largest absolute Gasteiger partial charge is 0.342 e. The first kappa shape index (κ1) is 13.6. The van der Waals surface area contributed by atoms with Gasteiger partial charge in [0.15, 0.2) is 0 Å². The second-order valence-corrected chi connectivity index (χ2v) is 4.47. The third kappa shape index (κ3) is 2.82. The molecule has 0 aromatic rings. The van der Waals surface area contributed by atoms with Crippen LogP contribution in [-0.4, -0.2) is 41.8 Å². The number of hydrogen-bond acceptors (Lipinski definition) is 4.